The van der Waals surface area contributed by atoms with Crippen LogP contribution in [0.3, 0.4) is 0 Å². The molecule has 18 heavy (non-hydrogen) atoms. The third-order valence-electron chi connectivity index (χ3n) is 2.52. The molecule has 0 aliphatic rings. The van der Waals surface area contributed by atoms with E-state index in [1.807, 2.05) is 0 Å². The normalized spacial score (nSPS) is 11.1. The molecule has 1 aromatic carbocycles. The lowest BCUT2D eigenvalue weighted by Gasteiger charge is -1.99. The van der Waals surface area contributed by atoms with Crippen LogP contribution in [0.1, 0.15) is 0 Å². The molecule has 3 aromatic rings. The Morgan fingerprint density at radius 2 is 1.78 bits per heavy atom. The van der Waals surface area contributed by atoms with E-state index < -0.39 is 17.5 Å². The van der Waals surface area contributed by atoms with E-state index in [2.05, 4.69) is 10.1 Å². The minimum atomic E-state index is -1.52. The summed E-state index contributed by atoms with van der Waals surface area (Å²) in [6.45, 7) is 0. The van der Waals surface area contributed by atoms with Crippen molar-refractivity contribution < 1.29 is 13.2 Å². The molecule has 3 nitrogen and oxygen atoms in total. The molecule has 0 spiro atoms. The van der Waals surface area contributed by atoms with E-state index in [1.54, 1.807) is 24.4 Å². The molecule has 0 bridgehead atoms. The maximum absolute atomic E-state index is 13.6. The molecule has 90 valence electrons. The van der Waals surface area contributed by atoms with Gasteiger partial charge in [-0.1, -0.05) is 6.07 Å². The lowest BCUT2D eigenvalue weighted by molar-refractivity contribution is 0.448. The predicted octanol–water partition coefficient (Wildman–Crippen LogP) is 2.81. The smallest absolute Gasteiger partial charge is 0.195 e. The summed E-state index contributed by atoms with van der Waals surface area (Å²) in [5.41, 5.74) is 0.328. The van der Waals surface area contributed by atoms with E-state index in [-0.39, 0.29) is 11.4 Å². The Bertz CT molecular complexity index is 704. The van der Waals surface area contributed by atoms with Crippen molar-refractivity contribution in [1.29, 1.82) is 0 Å². The minimum Gasteiger partial charge on any atom is -0.221 e. The number of nitrogens with zero attached hydrogens (tertiary/aromatic N) is 3. The zero-order chi connectivity index (χ0) is 12.7. The average molecular weight is 249 g/mol. The van der Waals surface area contributed by atoms with Crippen LogP contribution in [0.5, 0.6) is 0 Å². The number of benzene rings is 1. The fourth-order valence-corrected chi connectivity index (χ4v) is 1.64. The Labute approximate surface area is 99.5 Å². The summed E-state index contributed by atoms with van der Waals surface area (Å²) < 4.78 is 40.9. The Kier molecular flexibility index (Phi) is 2.29. The molecule has 0 aliphatic carbocycles. The monoisotopic (exact) mass is 249 g/mol. The van der Waals surface area contributed by atoms with Crippen molar-refractivity contribution in [2.75, 3.05) is 0 Å². The number of aromatic nitrogens is 3. The third-order valence-corrected chi connectivity index (χ3v) is 2.52. The molecule has 0 radical (unpaired) electrons. The van der Waals surface area contributed by atoms with Gasteiger partial charge in [0.2, 0.25) is 0 Å². The second-order valence-electron chi connectivity index (χ2n) is 3.66. The van der Waals surface area contributed by atoms with Crippen LogP contribution in [-0.2, 0) is 0 Å². The molecular formula is C12H6F3N3. The van der Waals surface area contributed by atoms with Gasteiger partial charge in [-0.3, -0.25) is 0 Å². The Morgan fingerprint density at radius 3 is 2.56 bits per heavy atom. The summed E-state index contributed by atoms with van der Waals surface area (Å²) in [4.78, 5) is 4.04. The molecule has 2 heterocycles. The molecule has 3 rings (SSSR count). The Balaban J connectivity index is 2.23. The first-order valence-corrected chi connectivity index (χ1v) is 5.12. The Morgan fingerprint density at radius 1 is 0.944 bits per heavy atom. The van der Waals surface area contributed by atoms with Crippen LogP contribution in [0, 0.1) is 17.5 Å². The summed E-state index contributed by atoms with van der Waals surface area (Å²) in [7, 11) is 0. The van der Waals surface area contributed by atoms with Gasteiger partial charge in [0, 0.05) is 6.20 Å². The van der Waals surface area contributed by atoms with E-state index in [4.69, 9.17) is 0 Å². The van der Waals surface area contributed by atoms with Gasteiger partial charge >= 0.3 is 0 Å². The van der Waals surface area contributed by atoms with Crippen LogP contribution in [0.15, 0.2) is 36.5 Å². The maximum Gasteiger partial charge on any atom is 0.195 e. The number of hydrogen-bond donors (Lipinski definition) is 0. The van der Waals surface area contributed by atoms with E-state index in [0.29, 0.717) is 5.65 Å². The molecule has 0 fully saturated rings. The molecule has 0 atom stereocenters. The second-order valence-corrected chi connectivity index (χ2v) is 3.66. The highest BCUT2D eigenvalue weighted by molar-refractivity contribution is 5.59. The lowest BCUT2D eigenvalue weighted by Crippen LogP contribution is -1.95. The summed E-state index contributed by atoms with van der Waals surface area (Å²) in [5.74, 6) is -4.03. The fourth-order valence-electron chi connectivity index (χ4n) is 1.64. The molecule has 6 heteroatoms. The van der Waals surface area contributed by atoms with Gasteiger partial charge in [0.05, 0.1) is 5.56 Å². The summed E-state index contributed by atoms with van der Waals surface area (Å²) >= 11 is 0. The molecule has 0 saturated carbocycles. The third kappa shape index (κ3) is 1.54. The summed E-state index contributed by atoms with van der Waals surface area (Å²) in [6.07, 6.45) is 1.63. The summed E-state index contributed by atoms with van der Waals surface area (Å²) in [5, 5.41) is 3.99. The molecule has 0 amide bonds. The molecule has 0 N–H and O–H groups in total. The van der Waals surface area contributed by atoms with Crippen LogP contribution < -0.4 is 0 Å². The zero-order valence-corrected chi connectivity index (χ0v) is 8.94. The van der Waals surface area contributed by atoms with Crippen LogP contribution in [0.2, 0.25) is 0 Å². The number of halogens is 3. The van der Waals surface area contributed by atoms with Crippen molar-refractivity contribution in [1.82, 2.24) is 14.6 Å². The molecule has 2 aromatic heterocycles. The van der Waals surface area contributed by atoms with E-state index in [1.165, 1.54) is 4.52 Å². The number of hydrogen-bond acceptors (Lipinski definition) is 2. The Hall–Kier alpha value is -2.37. The van der Waals surface area contributed by atoms with Crippen molar-refractivity contribution in [2.45, 2.75) is 0 Å². The lowest BCUT2D eigenvalue weighted by atomic mass is 10.2. The molecule has 0 saturated heterocycles. The summed E-state index contributed by atoms with van der Waals surface area (Å²) in [6, 6.07) is 7.11. The quantitative estimate of drug-likeness (QED) is 0.621. The molecular weight excluding hydrogens is 243 g/mol. The highest BCUT2D eigenvalue weighted by Gasteiger charge is 2.17. The topological polar surface area (TPSA) is 30.2 Å². The van der Waals surface area contributed by atoms with Gasteiger partial charge in [0.1, 0.15) is 0 Å². The van der Waals surface area contributed by atoms with Gasteiger partial charge in [-0.15, -0.1) is 5.10 Å². The first kappa shape index (κ1) is 10.8. The largest absolute Gasteiger partial charge is 0.221 e. The SMILES string of the molecule is Fc1ccc(-c2nc3ccccn3n2)c(F)c1F. The van der Waals surface area contributed by atoms with Crippen LogP contribution in [0.25, 0.3) is 17.0 Å². The van der Waals surface area contributed by atoms with Crippen LogP contribution in [0.4, 0.5) is 13.2 Å². The van der Waals surface area contributed by atoms with E-state index in [0.717, 1.165) is 12.1 Å². The molecule has 0 unspecified atom stereocenters. The van der Waals surface area contributed by atoms with Crippen molar-refractivity contribution in [3.63, 3.8) is 0 Å². The van der Waals surface area contributed by atoms with Crippen molar-refractivity contribution in [2.24, 2.45) is 0 Å². The van der Waals surface area contributed by atoms with Gasteiger partial charge in [-0.05, 0) is 24.3 Å². The van der Waals surface area contributed by atoms with Crippen molar-refractivity contribution >= 4 is 5.65 Å². The first-order chi connectivity index (χ1) is 8.66. The molecule has 0 aliphatic heterocycles. The number of pyridine rings is 1. The number of rotatable bonds is 1. The maximum atomic E-state index is 13.6. The predicted molar refractivity (Wildman–Crippen MR) is 58.3 cm³/mol. The highest BCUT2D eigenvalue weighted by Crippen LogP contribution is 2.23. The van der Waals surface area contributed by atoms with Crippen molar-refractivity contribution in [3.05, 3.63) is 54.0 Å². The van der Waals surface area contributed by atoms with E-state index in [9.17, 15) is 13.2 Å². The first-order valence-electron chi connectivity index (χ1n) is 5.12. The van der Waals surface area contributed by atoms with Crippen LogP contribution >= 0.6 is 0 Å². The average Bonchev–Trinajstić information content (AvgIpc) is 2.79. The second kappa shape index (κ2) is 3.83. The van der Waals surface area contributed by atoms with Gasteiger partial charge in [-0.25, -0.2) is 22.7 Å². The van der Waals surface area contributed by atoms with Gasteiger partial charge < -0.3 is 0 Å². The zero-order valence-electron chi connectivity index (χ0n) is 8.94. The van der Waals surface area contributed by atoms with Crippen LogP contribution in [-0.4, -0.2) is 14.6 Å². The van der Waals surface area contributed by atoms with Gasteiger partial charge in [0.25, 0.3) is 0 Å². The highest BCUT2D eigenvalue weighted by atomic mass is 19.2. The fraction of sp³-hybridized carbons (Fsp3) is 0. The van der Waals surface area contributed by atoms with Gasteiger partial charge in [-0.2, -0.15) is 0 Å². The van der Waals surface area contributed by atoms with Gasteiger partial charge in [0.15, 0.2) is 28.9 Å². The van der Waals surface area contributed by atoms with E-state index >= 15 is 0 Å². The standard InChI is InChI=1S/C12H6F3N3/c13-8-5-4-7(10(14)11(8)15)12-16-9-3-1-2-6-18(9)17-12/h1-6H. The number of fused-ring (bicyclic) bond motifs is 1. The van der Waals surface area contributed by atoms with Crippen molar-refractivity contribution in [3.8, 4) is 11.4 Å². The minimum absolute atomic E-state index is 0.0117.